The summed E-state index contributed by atoms with van der Waals surface area (Å²) in [7, 11) is 0. The zero-order valence-corrected chi connectivity index (χ0v) is 21.5. The number of nitrogens with one attached hydrogen (secondary N) is 2. The number of anilines is 1. The van der Waals surface area contributed by atoms with Gasteiger partial charge in [0, 0.05) is 36.3 Å². The van der Waals surface area contributed by atoms with E-state index >= 15 is 0 Å². The summed E-state index contributed by atoms with van der Waals surface area (Å²) in [6.45, 7) is 0. The van der Waals surface area contributed by atoms with E-state index in [0.29, 0.717) is 49.0 Å². The highest BCUT2D eigenvalue weighted by atomic mass is 19.2. The van der Waals surface area contributed by atoms with E-state index in [1.165, 1.54) is 6.07 Å². The molecule has 0 radical (unpaired) electrons. The molecule has 0 saturated carbocycles. The van der Waals surface area contributed by atoms with Gasteiger partial charge in [-0.05, 0) is 72.6 Å². The molecular weight excluding hydrogens is 512 g/mol. The lowest BCUT2D eigenvalue weighted by Gasteiger charge is -2.19. The van der Waals surface area contributed by atoms with Crippen molar-refractivity contribution >= 4 is 17.6 Å². The molecule has 7 nitrogen and oxygen atoms in total. The Labute approximate surface area is 229 Å². The van der Waals surface area contributed by atoms with Gasteiger partial charge in [0.1, 0.15) is 5.82 Å². The van der Waals surface area contributed by atoms with Crippen LogP contribution in [-0.4, -0.2) is 26.8 Å². The Kier molecular flexibility index (Phi) is 5.69. The van der Waals surface area contributed by atoms with Gasteiger partial charge in [0.05, 0.1) is 22.7 Å². The van der Waals surface area contributed by atoms with Crippen LogP contribution in [0.15, 0.2) is 67.1 Å². The molecule has 3 aromatic heterocycles. The average molecular weight is 538 g/mol. The lowest BCUT2D eigenvalue weighted by molar-refractivity contribution is -0.120. The minimum Gasteiger partial charge on any atom is -0.344 e. The lowest BCUT2D eigenvalue weighted by atomic mass is 9.80. The second-order valence-corrected chi connectivity index (χ2v) is 10.8. The van der Waals surface area contributed by atoms with Gasteiger partial charge >= 0.3 is 0 Å². The Morgan fingerprint density at radius 2 is 1.82 bits per heavy atom. The fourth-order valence-electron chi connectivity index (χ4n) is 6.53. The average Bonchev–Trinajstić information content (AvgIpc) is 3.41. The first-order chi connectivity index (χ1) is 19.4. The van der Waals surface area contributed by atoms with Crippen LogP contribution < -0.4 is 10.6 Å². The van der Waals surface area contributed by atoms with Gasteiger partial charge in [0.25, 0.3) is 5.91 Å². The Bertz CT molecular complexity index is 1690. The number of benzene rings is 1. The normalized spacial score (nSPS) is 22.7. The second kappa shape index (κ2) is 9.29. The van der Waals surface area contributed by atoms with E-state index in [0.717, 1.165) is 34.1 Å². The minimum absolute atomic E-state index is 0.101. The highest BCUT2D eigenvalue weighted by molar-refractivity contribution is 6.06. The largest absolute Gasteiger partial charge is 0.344 e. The monoisotopic (exact) mass is 537 g/mol. The molecule has 0 fully saturated rings. The summed E-state index contributed by atoms with van der Waals surface area (Å²) in [5.41, 5.74) is 4.11. The maximum absolute atomic E-state index is 14.7. The minimum atomic E-state index is -0.862. The number of rotatable bonds is 3. The van der Waals surface area contributed by atoms with Crippen molar-refractivity contribution in [2.45, 2.75) is 49.5 Å². The van der Waals surface area contributed by atoms with Gasteiger partial charge in [0.15, 0.2) is 11.6 Å². The summed E-state index contributed by atoms with van der Waals surface area (Å²) in [5, 5.41) is 5.99. The summed E-state index contributed by atoms with van der Waals surface area (Å²) < 4.78 is 28.6. The van der Waals surface area contributed by atoms with Gasteiger partial charge in [-0.15, -0.1) is 0 Å². The smallest absolute Gasteiger partial charge is 0.253 e. The fourth-order valence-corrected chi connectivity index (χ4v) is 6.53. The molecule has 2 aliphatic carbocycles. The van der Waals surface area contributed by atoms with Crippen LogP contribution in [0.2, 0.25) is 0 Å². The molecule has 40 heavy (non-hydrogen) atoms. The highest BCUT2D eigenvalue weighted by Gasteiger charge is 2.51. The molecule has 2 N–H and O–H groups in total. The van der Waals surface area contributed by atoms with Crippen LogP contribution >= 0.6 is 0 Å². The molecular formula is C31H25F2N5O2. The van der Waals surface area contributed by atoms with Crippen LogP contribution in [0.1, 0.15) is 68.8 Å². The third kappa shape index (κ3) is 3.87. The van der Waals surface area contributed by atoms with Gasteiger partial charge in [-0.1, -0.05) is 24.3 Å². The highest BCUT2D eigenvalue weighted by Crippen LogP contribution is 2.46. The number of nitrogens with zero attached hydrogens (tertiary/aromatic N) is 3. The van der Waals surface area contributed by atoms with Gasteiger partial charge in [-0.2, -0.15) is 0 Å². The zero-order chi connectivity index (χ0) is 27.4. The number of hydrogen-bond acceptors (Lipinski definition) is 5. The molecule has 3 aliphatic rings. The number of carbonyl (C=O) groups excluding carboxylic acids is 2. The molecule has 1 spiro atoms. The Balaban J connectivity index is 1.14. The standard InChI is InChI=1S/C31H25F2N5O2/c32-23-7-1-5-21(26(23)33)17-8-9-24(27-18(12-17)4-2-10-34-27)37-29(39)20-13-19-14-31(15-25(19)36-16-20)22-6-3-11-35-28(22)38-30(31)40/h1-7,10-11,13,16-17,24H,8-9,12,14-15H2,(H,37,39)(H,35,38,40)/t17-,24-,31?/m0/s1. The molecule has 200 valence electrons. The molecule has 0 saturated heterocycles. The van der Waals surface area contributed by atoms with E-state index in [4.69, 9.17) is 0 Å². The Morgan fingerprint density at radius 1 is 0.975 bits per heavy atom. The number of halogens is 2. The van der Waals surface area contributed by atoms with Crippen LogP contribution in [0.25, 0.3) is 0 Å². The number of aromatic nitrogens is 3. The molecule has 9 heteroatoms. The fraction of sp³-hybridized carbons (Fsp3) is 0.258. The molecule has 1 unspecified atom stereocenters. The molecule has 7 rings (SSSR count). The molecule has 3 atom stereocenters. The molecule has 4 aromatic rings. The maximum Gasteiger partial charge on any atom is 0.253 e. The van der Waals surface area contributed by atoms with Gasteiger partial charge < -0.3 is 10.6 Å². The van der Waals surface area contributed by atoms with Gasteiger partial charge in [-0.25, -0.2) is 13.8 Å². The summed E-state index contributed by atoms with van der Waals surface area (Å²) in [6, 6.07) is 13.2. The van der Waals surface area contributed by atoms with Crippen LogP contribution in [0.4, 0.5) is 14.6 Å². The first kappa shape index (κ1) is 24.5. The van der Waals surface area contributed by atoms with Crippen molar-refractivity contribution in [2.24, 2.45) is 0 Å². The van der Waals surface area contributed by atoms with Crippen molar-refractivity contribution in [2.75, 3.05) is 5.32 Å². The van der Waals surface area contributed by atoms with E-state index in [1.807, 2.05) is 30.3 Å². The topological polar surface area (TPSA) is 96.9 Å². The summed E-state index contributed by atoms with van der Waals surface area (Å²) in [6.07, 6.45) is 7.33. The summed E-state index contributed by atoms with van der Waals surface area (Å²) in [5.74, 6) is -1.75. The first-order valence-corrected chi connectivity index (χ1v) is 13.4. The molecule has 0 bridgehead atoms. The molecule has 4 heterocycles. The lowest BCUT2D eigenvalue weighted by Crippen LogP contribution is -2.35. The Morgan fingerprint density at radius 3 is 2.73 bits per heavy atom. The number of hydrogen-bond donors (Lipinski definition) is 2. The predicted octanol–water partition coefficient (Wildman–Crippen LogP) is 4.73. The van der Waals surface area contributed by atoms with Crippen LogP contribution in [0, 0.1) is 11.6 Å². The van der Waals surface area contributed by atoms with Crippen molar-refractivity contribution in [1.82, 2.24) is 20.3 Å². The quantitative estimate of drug-likeness (QED) is 0.369. The Hall–Kier alpha value is -4.53. The number of amides is 2. The van der Waals surface area contributed by atoms with Crippen LogP contribution in [0.3, 0.4) is 0 Å². The van der Waals surface area contributed by atoms with E-state index in [1.54, 1.807) is 24.7 Å². The second-order valence-electron chi connectivity index (χ2n) is 10.8. The van der Waals surface area contributed by atoms with Crippen molar-refractivity contribution in [3.8, 4) is 0 Å². The zero-order valence-electron chi connectivity index (χ0n) is 21.5. The van der Waals surface area contributed by atoms with Crippen molar-refractivity contribution in [3.63, 3.8) is 0 Å². The number of pyridine rings is 3. The molecule has 1 aromatic carbocycles. The maximum atomic E-state index is 14.7. The number of fused-ring (bicyclic) bond motifs is 4. The van der Waals surface area contributed by atoms with Crippen molar-refractivity contribution in [1.29, 1.82) is 0 Å². The van der Waals surface area contributed by atoms with Crippen molar-refractivity contribution in [3.05, 3.63) is 118 Å². The van der Waals surface area contributed by atoms with Crippen LogP contribution in [0.5, 0.6) is 0 Å². The third-order valence-corrected chi connectivity index (χ3v) is 8.53. The third-order valence-electron chi connectivity index (χ3n) is 8.53. The van der Waals surface area contributed by atoms with Crippen molar-refractivity contribution < 1.29 is 18.4 Å². The van der Waals surface area contributed by atoms with E-state index in [-0.39, 0.29) is 17.7 Å². The van der Waals surface area contributed by atoms with Gasteiger partial charge in [0.2, 0.25) is 5.91 Å². The molecule has 2 amide bonds. The predicted molar refractivity (Wildman–Crippen MR) is 143 cm³/mol. The first-order valence-electron chi connectivity index (χ1n) is 13.4. The van der Waals surface area contributed by atoms with E-state index < -0.39 is 23.1 Å². The van der Waals surface area contributed by atoms with E-state index in [2.05, 4.69) is 25.6 Å². The SMILES string of the molecule is O=C(N[C@H]1CC[C@H](c2cccc(F)c2F)Cc2cccnc21)c1cnc2c(c1)CC1(C2)C(=O)Nc2ncccc21. The van der Waals surface area contributed by atoms with Gasteiger partial charge in [-0.3, -0.25) is 19.6 Å². The van der Waals surface area contributed by atoms with Crippen LogP contribution in [-0.2, 0) is 29.5 Å². The van der Waals surface area contributed by atoms with E-state index in [9.17, 15) is 18.4 Å². The summed E-state index contributed by atoms with van der Waals surface area (Å²) >= 11 is 0. The number of carbonyl (C=O) groups is 2. The summed E-state index contributed by atoms with van der Waals surface area (Å²) in [4.78, 5) is 39.9. The molecule has 1 aliphatic heterocycles.